The number of para-hydroxylation sites is 1. The van der Waals surface area contributed by atoms with E-state index in [4.69, 9.17) is 14.5 Å². The van der Waals surface area contributed by atoms with Crippen molar-refractivity contribution in [1.29, 1.82) is 5.26 Å². The molecule has 0 spiro atoms. The first-order valence-electron chi connectivity index (χ1n) is 10.8. The molecule has 2 heterocycles. The Bertz CT molecular complexity index is 1450. The van der Waals surface area contributed by atoms with Gasteiger partial charge in [-0.25, -0.2) is 4.98 Å². The van der Waals surface area contributed by atoms with Gasteiger partial charge < -0.3 is 14.8 Å². The Labute approximate surface area is 197 Å². The van der Waals surface area contributed by atoms with Crippen LogP contribution in [-0.2, 0) is 4.79 Å². The standard InChI is InChI=1S/C26H25N5O3/c1-15-9-16(2)18(4)22(10-15)34-14-24(32)30-26-19(12-27)13-28-31(26)23-11-17(3)20-7-6-8-21(33-5)25(20)29-23/h6-11,13H,14H2,1-5H3,(H,30,32). The number of carbonyl (C=O) groups is 1. The van der Waals surface area contributed by atoms with Crippen LogP contribution >= 0.6 is 0 Å². The number of hydrogen-bond donors (Lipinski definition) is 1. The third-order valence-corrected chi connectivity index (χ3v) is 5.70. The first kappa shape index (κ1) is 22.8. The molecular formula is C26H25N5O3. The SMILES string of the molecule is COc1cccc2c(C)cc(-n3ncc(C#N)c3NC(=O)COc3cc(C)cc(C)c3C)nc12. The summed E-state index contributed by atoms with van der Waals surface area (Å²) in [4.78, 5) is 17.5. The Morgan fingerprint density at radius 2 is 1.91 bits per heavy atom. The van der Waals surface area contributed by atoms with Gasteiger partial charge in [-0.05, 0) is 68.1 Å². The fourth-order valence-electron chi connectivity index (χ4n) is 3.83. The molecule has 0 fully saturated rings. The molecule has 0 saturated heterocycles. The quantitative estimate of drug-likeness (QED) is 0.458. The van der Waals surface area contributed by atoms with Crippen LogP contribution in [0, 0.1) is 39.0 Å². The molecule has 0 bridgehead atoms. The summed E-state index contributed by atoms with van der Waals surface area (Å²) in [5.41, 5.74) is 4.96. The number of ether oxygens (including phenoxy) is 2. The van der Waals surface area contributed by atoms with Gasteiger partial charge in [-0.15, -0.1) is 0 Å². The van der Waals surface area contributed by atoms with Crippen molar-refractivity contribution < 1.29 is 14.3 Å². The van der Waals surface area contributed by atoms with Crippen molar-refractivity contribution in [3.8, 4) is 23.4 Å². The highest BCUT2D eigenvalue weighted by atomic mass is 16.5. The highest BCUT2D eigenvalue weighted by Gasteiger charge is 2.18. The van der Waals surface area contributed by atoms with E-state index in [-0.39, 0.29) is 18.0 Å². The van der Waals surface area contributed by atoms with E-state index in [0.717, 1.165) is 27.6 Å². The number of amides is 1. The summed E-state index contributed by atoms with van der Waals surface area (Å²) in [5, 5.41) is 17.6. The molecule has 0 unspecified atom stereocenters. The maximum absolute atomic E-state index is 12.8. The number of nitrogens with one attached hydrogen (secondary N) is 1. The minimum absolute atomic E-state index is 0.211. The molecule has 0 aliphatic carbocycles. The second kappa shape index (κ2) is 9.24. The molecule has 0 atom stereocenters. The van der Waals surface area contributed by atoms with Gasteiger partial charge in [0.15, 0.2) is 18.2 Å². The zero-order valence-electron chi connectivity index (χ0n) is 19.8. The number of rotatable bonds is 6. The molecule has 2 aromatic carbocycles. The second-order valence-corrected chi connectivity index (χ2v) is 8.13. The molecule has 172 valence electrons. The number of pyridine rings is 1. The number of benzene rings is 2. The Kier molecular flexibility index (Phi) is 6.19. The zero-order valence-corrected chi connectivity index (χ0v) is 19.8. The molecule has 4 aromatic rings. The van der Waals surface area contributed by atoms with Crippen LogP contribution in [0.25, 0.3) is 16.7 Å². The Hall–Kier alpha value is -4.38. The van der Waals surface area contributed by atoms with Crippen LogP contribution in [-0.4, -0.2) is 34.4 Å². The number of fused-ring (bicyclic) bond motifs is 1. The van der Waals surface area contributed by atoms with E-state index in [9.17, 15) is 10.1 Å². The van der Waals surface area contributed by atoms with E-state index in [0.29, 0.717) is 22.8 Å². The van der Waals surface area contributed by atoms with Crippen molar-refractivity contribution >= 4 is 22.6 Å². The van der Waals surface area contributed by atoms with Crippen molar-refractivity contribution in [2.45, 2.75) is 27.7 Å². The number of hydrogen-bond acceptors (Lipinski definition) is 6. The van der Waals surface area contributed by atoms with Crippen LogP contribution in [0.3, 0.4) is 0 Å². The maximum Gasteiger partial charge on any atom is 0.263 e. The molecule has 0 saturated carbocycles. The molecule has 0 aliphatic heterocycles. The van der Waals surface area contributed by atoms with E-state index in [1.54, 1.807) is 7.11 Å². The molecule has 2 aromatic heterocycles. The monoisotopic (exact) mass is 455 g/mol. The number of carbonyl (C=O) groups excluding carboxylic acids is 1. The third kappa shape index (κ3) is 4.28. The summed E-state index contributed by atoms with van der Waals surface area (Å²) < 4.78 is 12.7. The maximum atomic E-state index is 12.8. The fourth-order valence-corrected chi connectivity index (χ4v) is 3.83. The highest BCUT2D eigenvalue weighted by Crippen LogP contribution is 2.29. The lowest BCUT2D eigenvalue weighted by atomic mass is 10.1. The van der Waals surface area contributed by atoms with Gasteiger partial charge in [0.05, 0.1) is 13.3 Å². The van der Waals surface area contributed by atoms with Crippen LogP contribution in [0.1, 0.15) is 27.8 Å². The van der Waals surface area contributed by atoms with Gasteiger partial charge in [-0.2, -0.15) is 15.0 Å². The molecule has 8 heteroatoms. The third-order valence-electron chi connectivity index (χ3n) is 5.70. The van der Waals surface area contributed by atoms with E-state index < -0.39 is 5.91 Å². The van der Waals surface area contributed by atoms with Crippen molar-refractivity contribution in [1.82, 2.24) is 14.8 Å². The van der Waals surface area contributed by atoms with Crippen molar-refractivity contribution in [3.05, 3.63) is 70.4 Å². The van der Waals surface area contributed by atoms with Gasteiger partial charge in [0.25, 0.3) is 5.91 Å². The summed E-state index contributed by atoms with van der Waals surface area (Å²) >= 11 is 0. The van der Waals surface area contributed by atoms with Gasteiger partial charge in [0.2, 0.25) is 0 Å². The Morgan fingerprint density at radius 3 is 2.65 bits per heavy atom. The van der Waals surface area contributed by atoms with E-state index >= 15 is 0 Å². The smallest absolute Gasteiger partial charge is 0.263 e. The number of methoxy groups -OCH3 is 1. The van der Waals surface area contributed by atoms with E-state index in [1.807, 2.05) is 58.0 Å². The zero-order chi connectivity index (χ0) is 24.4. The van der Waals surface area contributed by atoms with Crippen LogP contribution in [0.4, 0.5) is 5.82 Å². The highest BCUT2D eigenvalue weighted by molar-refractivity contribution is 5.93. The minimum atomic E-state index is -0.410. The summed E-state index contributed by atoms with van der Waals surface area (Å²) in [6.07, 6.45) is 1.40. The first-order valence-corrected chi connectivity index (χ1v) is 10.8. The van der Waals surface area contributed by atoms with Gasteiger partial charge in [-0.3, -0.25) is 4.79 Å². The Morgan fingerprint density at radius 1 is 1.12 bits per heavy atom. The summed E-state index contributed by atoms with van der Waals surface area (Å²) in [5.74, 6) is 1.55. The minimum Gasteiger partial charge on any atom is -0.494 e. The number of aryl methyl sites for hydroxylation is 3. The van der Waals surface area contributed by atoms with E-state index in [2.05, 4.69) is 22.6 Å². The largest absolute Gasteiger partial charge is 0.494 e. The molecule has 1 amide bonds. The van der Waals surface area contributed by atoms with Crippen LogP contribution in [0.2, 0.25) is 0 Å². The molecule has 1 N–H and O–H groups in total. The van der Waals surface area contributed by atoms with Gasteiger partial charge in [0, 0.05) is 5.39 Å². The fraction of sp³-hybridized carbons (Fsp3) is 0.231. The summed E-state index contributed by atoms with van der Waals surface area (Å²) in [6.45, 7) is 7.68. The topological polar surface area (TPSA) is 102 Å². The molecule has 8 nitrogen and oxygen atoms in total. The number of nitrogens with zero attached hydrogens (tertiary/aromatic N) is 4. The lowest BCUT2D eigenvalue weighted by Crippen LogP contribution is -2.23. The molecular weight excluding hydrogens is 430 g/mol. The molecule has 34 heavy (non-hydrogen) atoms. The van der Waals surface area contributed by atoms with Crippen LogP contribution < -0.4 is 14.8 Å². The van der Waals surface area contributed by atoms with Crippen molar-refractivity contribution in [3.63, 3.8) is 0 Å². The number of nitriles is 1. The molecule has 0 aliphatic rings. The predicted octanol–water partition coefficient (Wildman–Crippen LogP) is 4.55. The summed E-state index contributed by atoms with van der Waals surface area (Å²) in [7, 11) is 1.59. The number of aromatic nitrogens is 3. The summed E-state index contributed by atoms with van der Waals surface area (Å²) in [6, 6.07) is 13.6. The van der Waals surface area contributed by atoms with Crippen molar-refractivity contribution in [2.75, 3.05) is 19.0 Å². The van der Waals surface area contributed by atoms with Crippen LogP contribution in [0.15, 0.2) is 42.6 Å². The van der Waals surface area contributed by atoms with Gasteiger partial charge >= 0.3 is 0 Å². The first-order chi connectivity index (χ1) is 16.3. The average Bonchev–Trinajstić information content (AvgIpc) is 3.22. The van der Waals surface area contributed by atoms with Crippen LogP contribution in [0.5, 0.6) is 11.5 Å². The van der Waals surface area contributed by atoms with Gasteiger partial charge in [0.1, 0.15) is 28.6 Å². The lowest BCUT2D eigenvalue weighted by molar-refractivity contribution is -0.118. The van der Waals surface area contributed by atoms with Gasteiger partial charge in [-0.1, -0.05) is 18.2 Å². The predicted molar refractivity (Wildman–Crippen MR) is 130 cm³/mol. The average molecular weight is 456 g/mol. The molecule has 4 rings (SSSR count). The second-order valence-electron chi connectivity index (χ2n) is 8.13. The van der Waals surface area contributed by atoms with Crippen molar-refractivity contribution in [2.24, 2.45) is 0 Å². The van der Waals surface area contributed by atoms with E-state index in [1.165, 1.54) is 10.9 Å². The lowest BCUT2D eigenvalue weighted by Gasteiger charge is -2.14. The number of anilines is 1. The molecule has 0 radical (unpaired) electrons. The normalized spacial score (nSPS) is 10.7. The Balaban J connectivity index is 1.65.